The van der Waals surface area contributed by atoms with Gasteiger partial charge in [-0.05, 0) is 35.6 Å². The minimum atomic E-state index is -0.329. The van der Waals surface area contributed by atoms with Crippen molar-refractivity contribution >= 4 is 38.3 Å². The van der Waals surface area contributed by atoms with Gasteiger partial charge in [-0.25, -0.2) is 4.39 Å². The zero-order valence-electron chi connectivity index (χ0n) is 11.4. The Kier molecular flexibility index (Phi) is 4.01. The van der Waals surface area contributed by atoms with E-state index in [4.69, 9.17) is 11.6 Å². The molecule has 0 aliphatic carbocycles. The quantitative estimate of drug-likeness (QED) is 0.463. The summed E-state index contributed by atoms with van der Waals surface area (Å²) in [6.07, 6.45) is 0. The molecule has 0 fully saturated rings. The van der Waals surface area contributed by atoms with Gasteiger partial charge in [0, 0.05) is 9.86 Å². The molecule has 0 spiro atoms. The van der Waals surface area contributed by atoms with Gasteiger partial charge < -0.3 is 0 Å². The van der Waals surface area contributed by atoms with Gasteiger partial charge >= 0.3 is 0 Å². The van der Waals surface area contributed by atoms with Crippen LogP contribution in [0.4, 0.5) is 4.39 Å². The monoisotopic (exact) mass is 362 g/mol. The fourth-order valence-corrected chi connectivity index (χ4v) is 3.51. The summed E-state index contributed by atoms with van der Waals surface area (Å²) in [6.45, 7) is 2.03. The maximum absolute atomic E-state index is 13.9. The standard InChI is InChI=1S/C18H13BrClF/c1-11-6-8-16(19)15(10-11)18(20)14-7-9-17(21)13-5-3-2-4-12(13)14/h2-10,18H,1H3. The summed E-state index contributed by atoms with van der Waals surface area (Å²) in [4.78, 5) is 0. The minimum Gasteiger partial charge on any atom is -0.206 e. The molecule has 0 aliphatic rings. The third kappa shape index (κ3) is 2.70. The predicted molar refractivity (Wildman–Crippen MR) is 90.5 cm³/mol. The van der Waals surface area contributed by atoms with E-state index in [9.17, 15) is 4.39 Å². The molecule has 0 radical (unpaired) electrons. The largest absolute Gasteiger partial charge is 0.206 e. The van der Waals surface area contributed by atoms with Crippen molar-refractivity contribution in [3.8, 4) is 0 Å². The van der Waals surface area contributed by atoms with Gasteiger partial charge in [-0.2, -0.15) is 0 Å². The van der Waals surface area contributed by atoms with Crippen molar-refractivity contribution in [2.45, 2.75) is 12.3 Å². The highest BCUT2D eigenvalue weighted by Crippen LogP contribution is 2.38. The molecule has 3 aromatic carbocycles. The van der Waals surface area contributed by atoms with E-state index in [1.54, 1.807) is 12.1 Å². The fourth-order valence-electron chi connectivity index (χ4n) is 2.53. The lowest BCUT2D eigenvalue weighted by Crippen LogP contribution is -1.97. The summed E-state index contributed by atoms with van der Waals surface area (Å²) < 4.78 is 14.9. The molecule has 0 aliphatic heterocycles. The van der Waals surface area contributed by atoms with Crippen LogP contribution in [0.5, 0.6) is 0 Å². The van der Waals surface area contributed by atoms with Crippen LogP contribution in [-0.4, -0.2) is 0 Å². The van der Waals surface area contributed by atoms with Crippen molar-refractivity contribution in [3.05, 3.63) is 81.6 Å². The first kappa shape index (κ1) is 14.6. The van der Waals surface area contributed by atoms with Crippen molar-refractivity contribution in [1.29, 1.82) is 0 Å². The zero-order chi connectivity index (χ0) is 15.0. The summed E-state index contributed by atoms with van der Waals surface area (Å²) in [5, 5.41) is 1.13. The lowest BCUT2D eigenvalue weighted by molar-refractivity contribution is 0.639. The third-order valence-corrected chi connectivity index (χ3v) is 4.79. The molecule has 3 rings (SSSR count). The Balaban J connectivity index is 2.20. The summed E-state index contributed by atoms with van der Waals surface area (Å²) >= 11 is 10.2. The van der Waals surface area contributed by atoms with E-state index >= 15 is 0 Å². The predicted octanol–water partition coefficient (Wildman–Crippen LogP) is 6.38. The molecule has 0 aromatic heterocycles. The molecule has 0 saturated heterocycles. The summed E-state index contributed by atoms with van der Waals surface area (Å²) in [7, 11) is 0. The molecular weight excluding hydrogens is 351 g/mol. The average Bonchev–Trinajstić information content (AvgIpc) is 2.50. The molecule has 0 heterocycles. The molecule has 21 heavy (non-hydrogen) atoms. The molecule has 0 N–H and O–H groups in total. The molecular formula is C18H13BrClF. The highest BCUT2D eigenvalue weighted by molar-refractivity contribution is 9.10. The second-order valence-electron chi connectivity index (χ2n) is 5.07. The second-order valence-corrected chi connectivity index (χ2v) is 6.36. The number of halogens is 3. The van der Waals surface area contributed by atoms with E-state index in [-0.39, 0.29) is 11.2 Å². The van der Waals surface area contributed by atoms with Gasteiger partial charge in [-0.1, -0.05) is 64.0 Å². The summed E-state index contributed by atoms with van der Waals surface area (Å²) in [5.74, 6) is -0.221. The SMILES string of the molecule is Cc1ccc(Br)c(C(Cl)c2ccc(F)c3ccccc23)c1. The van der Waals surface area contributed by atoms with Crippen LogP contribution >= 0.6 is 27.5 Å². The Morgan fingerprint density at radius 2 is 1.67 bits per heavy atom. The van der Waals surface area contributed by atoms with Crippen molar-refractivity contribution in [2.24, 2.45) is 0 Å². The second kappa shape index (κ2) is 5.78. The Bertz CT molecular complexity index is 813. The van der Waals surface area contributed by atoms with E-state index in [0.29, 0.717) is 5.39 Å². The van der Waals surface area contributed by atoms with Gasteiger partial charge in [0.15, 0.2) is 0 Å². The summed E-state index contributed by atoms with van der Waals surface area (Å²) in [6, 6.07) is 16.8. The van der Waals surface area contributed by atoms with Crippen molar-refractivity contribution in [1.82, 2.24) is 0 Å². The van der Waals surface area contributed by atoms with E-state index in [2.05, 4.69) is 22.0 Å². The molecule has 0 saturated carbocycles. The fraction of sp³-hybridized carbons (Fsp3) is 0.111. The molecule has 1 unspecified atom stereocenters. The van der Waals surface area contributed by atoms with Gasteiger partial charge in [-0.3, -0.25) is 0 Å². The van der Waals surface area contributed by atoms with E-state index in [0.717, 1.165) is 26.5 Å². The van der Waals surface area contributed by atoms with E-state index < -0.39 is 0 Å². The van der Waals surface area contributed by atoms with Crippen LogP contribution in [0.1, 0.15) is 22.1 Å². The Labute approximate surface area is 136 Å². The molecule has 3 aromatic rings. The third-order valence-electron chi connectivity index (χ3n) is 3.60. The Morgan fingerprint density at radius 1 is 0.952 bits per heavy atom. The molecule has 0 nitrogen and oxygen atoms in total. The lowest BCUT2D eigenvalue weighted by atomic mass is 9.97. The number of hydrogen-bond donors (Lipinski definition) is 0. The van der Waals surface area contributed by atoms with E-state index in [1.807, 2.05) is 37.3 Å². The number of hydrogen-bond acceptors (Lipinski definition) is 0. The zero-order valence-corrected chi connectivity index (χ0v) is 13.7. The van der Waals surface area contributed by atoms with Gasteiger partial charge in [0.1, 0.15) is 5.82 Å². The average molecular weight is 364 g/mol. The van der Waals surface area contributed by atoms with Crippen LogP contribution in [0.15, 0.2) is 59.1 Å². The maximum Gasteiger partial charge on any atom is 0.131 e. The molecule has 106 valence electrons. The van der Waals surface area contributed by atoms with Crippen molar-refractivity contribution in [3.63, 3.8) is 0 Å². The number of fused-ring (bicyclic) bond motifs is 1. The summed E-state index contributed by atoms with van der Waals surface area (Å²) in [5.41, 5.74) is 3.05. The van der Waals surface area contributed by atoms with Crippen molar-refractivity contribution in [2.75, 3.05) is 0 Å². The van der Waals surface area contributed by atoms with Gasteiger partial charge in [-0.15, -0.1) is 11.6 Å². The van der Waals surface area contributed by atoms with Gasteiger partial charge in [0.2, 0.25) is 0 Å². The van der Waals surface area contributed by atoms with Crippen LogP contribution in [0, 0.1) is 12.7 Å². The van der Waals surface area contributed by atoms with Crippen LogP contribution in [0.3, 0.4) is 0 Å². The van der Waals surface area contributed by atoms with Gasteiger partial charge in [0.25, 0.3) is 0 Å². The first-order chi connectivity index (χ1) is 10.1. The number of alkyl halides is 1. The van der Waals surface area contributed by atoms with Crippen molar-refractivity contribution < 1.29 is 4.39 Å². The topological polar surface area (TPSA) is 0 Å². The maximum atomic E-state index is 13.9. The smallest absolute Gasteiger partial charge is 0.131 e. The Hall–Kier alpha value is -1.38. The van der Waals surface area contributed by atoms with Crippen LogP contribution in [-0.2, 0) is 0 Å². The number of aryl methyl sites for hydroxylation is 1. The lowest BCUT2D eigenvalue weighted by Gasteiger charge is -2.16. The van der Waals surface area contributed by atoms with Gasteiger partial charge in [0.05, 0.1) is 5.38 Å². The van der Waals surface area contributed by atoms with Crippen LogP contribution in [0.25, 0.3) is 10.8 Å². The van der Waals surface area contributed by atoms with Crippen LogP contribution in [0.2, 0.25) is 0 Å². The molecule has 0 amide bonds. The highest BCUT2D eigenvalue weighted by Gasteiger charge is 2.17. The number of benzene rings is 3. The normalized spacial score (nSPS) is 12.6. The minimum absolute atomic E-state index is 0.221. The molecule has 1 atom stereocenters. The molecule has 3 heteroatoms. The number of rotatable bonds is 2. The highest BCUT2D eigenvalue weighted by atomic mass is 79.9. The van der Waals surface area contributed by atoms with E-state index in [1.165, 1.54) is 6.07 Å². The van der Waals surface area contributed by atoms with Crippen LogP contribution < -0.4 is 0 Å². The molecule has 0 bridgehead atoms. The first-order valence-electron chi connectivity index (χ1n) is 6.65. The Morgan fingerprint density at radius 3 is 2.43 bits per heavy atom. The first-order valence-corrected chi connectivity index (χ1v) is 7.88.